The molecule has 2 aromatic heterocycles. The molecule has 1 amide bonds. The molecule has 7 heteroatoms. The van der Waals surface area contributed by atoms with Crippen LogP contribution in [0.3, 0.4) is 0 Å². The Balaban J connectivity index is 1.79. The fourth-order valence-electron chi connectivity index (χ4n) is 2.63. The lowest BCUT2D eigenvalue weighted by atomic mass is 9.94. The summed E-state index contributed by atoms with van der Waals surface area (Å²) >= 11 is 0. The van der Waals surface area contributed by atoms with Crippen molar-refractivity contribution < 1.29 is 9.53 Å². The summed E-state index contributed by atoms with van der Waals surface area (Å²) in [5, 5.41) is 6.98. The van der Waals surface area contributed by atoms with Gasteiger partial charge in [0, 0.05) is 24.7 Å². The number of carbonyl (C=O) groups excluding carboxylic acids is 1. The summed E-state index contributed by atoms with van der Waals surface area (Å²) < 4.78 is 5.23. The second kappa shape index (κ2) is 7.19. The van der Waals surface area contributed by atoms with Gasteiger partial charge in [0.05, 0.1) is 16.7 Å². The molecule has 3 rings (SSSR count). The number of nitrogens with one attached hydrogen (secondary N) is 2. The van der Waals surface area contributed by atoms with Gasteiger partial charge in [-0.15, -0.1) is 0 Å². The van der Waals surface area contributed by atoms with Crippen LogP contribution in [0.1, 0.15) is 20.8 Å². The minimum absolute atomic E-state index is 0.412. The average Bonchev–Trinajstić information content (AvgIpc) is 2.56. The van der Waals surface area contributed by atoms with E-state index in [4.69, 9.17) is 12.6 Å². The van der Waals surface area contributed by atoms with E-state index in [1.54, 1.807) is 6.20 Å². The number of rotatable bonds is 4. The van der Waals surface area contributed by atoms with E-state index in [9.17, 15) is 4.79 Å². The highest BCUT2D eigenvalue weighted by Crippen LogP contribution is 2.28. The van der Waals surface area contributed by atoms with Gasteiger partial charge in [-0.25, -0.2) is 9.78 Å². The molecule has 0 aliphatic rings. The Morgan fingerprint density at radius 3 is 2.77 bits per heavy atom. The first kappa shape index (κ1) is 18.0. The van der Waals surface area contributed by atoms with Gasteiger partial charge in [0.25, 0.3) is 0 Å². The molecule has 0 aliphatic carbocycles. The van der Waals surface area contributed by atoms with Gasteiger partial charge in [0.1, 0.15) is 19.0 Å². The van der Waals surface area contributed by atoms with Crippen molar-refractivity contribution >= 4 is 47.0 Å². The summed E-state index contributed by atoms with van der Waals surface area (Å²) in [6.07, 6.45) is 1.29. The fourth-order valence-corrected chi connectivity index (χ4v) is 2.63. The topological polar surface area (TPSA) is 76.1 Å². The number of pyridine rings is 2. The van der Waals surface area contributed by atoms with Crippen molar-refractivity contribution in [2.75, 3.05) is 18.4 Å². The number of carbonyl (C=O) groups is 1. The minimum Gasteiger partial charge on any atom is -0.444 e. The van der Waals surface area contributed by atoms with Crippen LogP contribution in [-0.2, 0) is 4.74 Å². The van der Waals surface area contributed by atoms with Gasteiger partial charge < -0.3 is 15.4 Å². The molecule has 2 heterocycles. The maximum atomic E-state index is 11.7. The van der Waals surface area contributed by atoms with Crippen molar-refractivity contribution in [3.63, 3.8) is 0 Å². The van der Waals surface area contributed by atoms with Crippen LogP contribution < -0.4 is 16.1 Å². The molecule has 0 atom stereocenters. The van der Waals surface area contributed by atoms with Crippen molar-refractivity contribution in [3.8, 4) is 0 Å². The lowest BCUT2D eigenvalue weighted by molar-refractivity contribution is 0.0530. The van der Waals surface area contributed by atoms with Gasteiger partial charge in [-0.2, -0.15) is 0 Å². The number of aromatic nitrogens is 2. The highest BCUT2D eigenvalue weighted by atomic mass is 16.6. The normalized spacial score (nSPS) is 11.5. The Morgan fingerprint density at radius 2 is 2.00 bits per heavy atom. The van der Waals surface area contributed by atoms with Crippen molar-refractivity contribution in [2.45, 2.75) is 26.4 Å². The third-order valence-corrected chi connectivity index (χ3v) is 3.65. The summed E-state index contributed by atoms with van der Waals surface area (Å²) in [5.74, 6) is 0. The Morgan fingerprint density at radius 1 is 1.19 bits per heavy atom. The van der Waals surface area contributed by atoms with E-state index >= 15 is 0 Å². The van der Waals surface area contributed by atoms with E-state index < -0.39 is 11.7 Å². The molecule has 132 valence electrons. The summed E-state index contributed by atoms with van der Waals surface area (Å²) in [6.45, 7) is 6.41. The number of nitrogens with zero attached hydrogens (tertiary/aromatic N) is 2. The molecule has 1 aromatic carbocycles. The Labute approximate surface area is 153 Å². The second-order valence-corrected chi connectivity index (χ2v) is 6.99. The molecule has 2 radical (unpaired) electrons. The highest BCUT2D eigenvalue weighted by Gasteiger charge is 2.15. The highest BCUT2D eigenvalue weighted by molar-refractivity contribution is 6.33. The number of alkyl carbamates (subject to hydrolysis) is 1. The number of benzene rings is 1. The van der Waals surface area contributed by atoms with E-state index in [2.05, 4.69) is 20.6 Å². The van der Waals surface area contributed by atoms with Gasteiger partial charge in [0.2, 0.25) is 0 Å². The summed E-state index contributed by atoms with van der Waals surface area (Å²) in [5.41, 5.74) is 3.39. The average molecular weight is 348 g/mol. The lowest BCUT2D eigenvalue weighted by Crippen LogP contribution is -2.35. The molecule has 0 spiro atoms. The number of amides is 1. The zero-order valence-corrected chi connectivity index (χ0v) is 15.2. The zero-order chi connectivity index (χ0) is 18.7. The maximum Gasteiger partial charge on any atom is 0.407 e. The van der Waals surface area contributed by atoms with Crippen LogP contribution in [0.5, 0.6) is 0 Å². The molecule has 0 saturated carbocycles. The van der Waals surface area contributed by atoms with Gasteiger partial charge in [0.15, 0.2) is 0 Å². The lowest BCUT2D eigenvalue weighted by Gasteiger charge is -2.20. The van der Waals surface area contributed by atoms with E-state index in [-0.39, 0.29) is 0 Å². The Kier molecular flexibility index (Phi) is 4.98. The first-order valence-corrected chi connectivity index (χ1v) is 8.48. The predicted octanol–water partition coefficient (Wildman–Crippen LogP) is 2.51. The zero-order valence-electron chi connectivity index (χ0n) is 15.2. The van der Waals surface area contributed by atoms with Crippen LogP contribution in [-0.4, -0.2) is 42.6 Å². The van der Waals surface area contributed by atoms with Crippen LogP contribution in [0.25, 0.3) is 21.9 Å². The van der Waals surface area contributed by atoms with Gasteiger partial charge in [-0.3, -0.25) is 4.98 Å². The SMILES string of the molecule is [B]c1ccc2nc3cccnc3c(NCCNC(=O)OC(C)(C)C)c2c1. The second-order valence-electron chi connectivity index (χ2n) is 6.99. The third kappa shape index (κ3) is 4.22. The number of hydrogen-bond donors (Lipinski definition) is 2. The Bertz CT molecular complexity index is 953. The van der Waals surface area contributed by atoms with Crippen LogP contribution >= 0.6 is 0 Å². The standard InChI is InChI=1S/C19H21BN4O2/c1-19(2,3)26-18(25)23-10-9-22-16-13-11-12(20)6-7-14(13)24-15-5-4-8-21-17(15)16/h4-8,11H,9-10H2,1-3H3,(H,22,24)(H,23,25). The smallest absolute Gasteiger partial charge is 0.407 e. The van der Waals surface area contributed by atoms with E-state index in [1.807, 2.05) is 51.1 Å². The third-order valence-electron chi connectivity index (χ3n) is 3.65. The molecular weight excluding hydrogens is 327 g/mol. The molecule has 0 saturated heterocycles. The molecule has 6 nitrogen and oxygen atoms in total. The van der Waals surface area contributed by atoms with Gasteiger partial charge in [-0.05, 0) is 39.0 Å². The van der Waals surface area contributed by atoms with Crippen LogP contribution in [0.2, 0.25) is 0 Å². The molecule has 2 N–H and O–H groups in total. The molecule has 3 aromatic rings. The molecular formula is C19H21BN4O2. The first-order chi connectivity index (χ1) is 12.3. The van der Waals surface area contributed by atoms with E-state index in [0.29, 0.717) is 18.6 Å². The number of hydrogen-bond acceptors (Lipinski definition) is 5. The summed E-state index contributed by atoms with van der Waals surface area (Å²) in [6, 6.07) is 9.36. The first-order valence-electron chi connectivity index (χ1n) is 8.48. The van der Waals surface area contributed by atoms with Crippen molar-refractivity contribution in [3.05, 3.63) is 36.5 Å². The maximum absolute atomic E-state index is 11.7. The Hall–Kier alpha value is -2.83. The minimum atomic E-state index is -0.517. The van der Waals surface area contributed by atoms with Gasteiger partial charge >= 0.3 is 6.09 Å². The number of anilines is 1. The van der Waals surface area contributed by atoms with Crippen LogP contribution in [0, 0.1) is 0 Å². The molecule has 0 fully saturated rings. The van der Waals surface area contributed by atoms with Crippen LogP contribution in [0.4, 0.5) is 10.5 Å². The van der Waals surface area contributed by atoms with Crippen molar-refractivity contribution in [1.82, 2.24) is 15.3 Å². The van der Waals surface area contributed by atoms with Gasteiger partial charge in [-0.1, -0.05) is 17.6 Å². The molecule has 0 aliphatic heterocycles. The molecule has 26 heavy (non-hydrogen) atoms. The molecule has 0 unspecified atom stereocenters. The molecule has 0 bridgehead atoms. The number of ether oxygens (including phenoxy) is 1. The summed E-state index contributed by atoms with van der Waals surface area (Å²) in [4.78, 5) is 20.8. The monoisotopic (exact) mass is 348 g/mol. The number of fused-ring (bicyclic) bond motifs is 2. The summed E-state index contributed by atoms with van der Waals surface area (Å²) in [7, 11) is 5.94. The van der Waals surface area contributed by atoms with Crippen molar-refractivity contribution in [2.24, 2.45) is 0 Å². The van der Waals surface area contributed by atoms with Crippen molar-refractivity contribution in [1.29, 1.82) is 0 Å². The van der Waals surface area contributed by atoms with Crippen LogP contribution in [0.15, 0.2) is 36.5 Å². The van der Waals surface area contributed by atoms with E-state index in [0.717, 1.165) is 27.6 Å². The predicted molar refractivity (Wildman–Crippen MR) is 105 cm³/mol. The quantitative estimate of drug-likeness (QED) is 0.430. The fraction of sp³-hybridized carbons (Fsp3) is 0.316. The largest absolute Gasteiger partial charge is 0.444 e. The van der Waals surface area contributed by atoms with E-state index in [1.165, 1.54) is 0 Å².